The summed E-state index contributed by atoms with van der Waals surface area (Å²) in [6.45, 7) is 0. The maximum atomic E-state index is 5.24. The van der Waals surface area contributed by atoms with Gasteiger partial charge in [0.05, 0.1) is 11.2 Å². The summed E-state index contributed by atoms with van der Waals surface area (Å²) in [5, 5.41) is 1.12. The van der Waals surface area contributed by atoms with Gasteiger partial charge in [-0.25, -0.2) is 4.98 Å². The molecule has 0 saturated carbocycles. The molecule has 0 amide bonds. The second-order valence-electron chi connectivity index (χ2n) is 11.7. The average Bonchev–Trinajstić information content (AvgIpc) is 3.17. The van der Waals surface area contributed by atoms with E-state index in [9.17, 15) is 0 Å². The molecule has 0 N–H and O–H groups in total. The van der Waals surface area contributed by atoms with Gasteiger partial charge in [0.1, 0.15) is 0 Å². The van der Waals surface area contributed by atoms with E-state index in [2.05, 4.69) is 210 Å². The summed E-state index contributed by atoms with van der Waals surface area (Å²) in [7, 11) is 0. The number of hydrogen-bond donors (Lipinski definition) is 0. The van der Waals surface area contributed by atoms with Crippen LogP contribution in [0.4, 0.5) is 34.1 Å². The smallest absolute Gasteiger partial charge is 0.0788 e. The van der Waals surface area contributed by atoms with E-state index in [1.807, 2.05) is 0 Å². The van der Waals surface area contributed by atoms with Gasteiger partial charge >= 0.3 is 0 Å². The Labute approximate surface area is 281 Å². The lowest BCUT2D eigenvalue weighted by molar-refractivity contribution is 1.28. The van der Waals surface area contributed by atoms with Crippen LogP contribution in [-0.2, 0) is 0 Å². The van der Waals surface area contributed by atoms with Crippen molar-refractivity contribution in [3.05, 3.63) is 200 Å². The van der Waals surface area contributed by atoms with Gasteiger partial charge in [-0.1, -0.05) is 115 Å². The third-order valence-electron chi connectivity index (χ3n) is 8.62. The van der Waals surface area contributed by atoms with Crippen LogP contribution in [0.1, 0.15) is 0 Å². The number of para-hydroxylation sites is 5. The molecule has 0 aliphatic carbocycles. The van der Waals surface area contributed by atoms with Crippen LogP contribution in [0.3, 0.4) is 0 Å². The highest BCUT2D eigenvalue weighted by atomic mass is 15.1. The van der Waals surface area contributed by atoms with Gasteiger partial charge < -0.3 is 9.80 Å². The van der Waals surface area contributed by atoms with Gasteiger partial charge in [0.25, 0.3) is 0 Å². The zero-order valence-electron chi connectivity index (χ0n) is 26.4. The lowest BCUT2D eigenvalue weighted by Crippen LogP contribution is -2.09. The molecule has 0 spiro atoms. The number of nitrogens with zero attached hydrogens (tertiary/aromatic N) is 3. The van der Waals surface area contributed by atoms with E-state index in [-0.39, 0.29) is 0 Å². The topological polar surface area (TPSA) is 19.4 Å². The predicted octanol–water partition coefficient (Wildman–Crippen LogP) is 12.5. The molecule has 8 rings (SSSR count). The first-order valence-corrected chi connectivity index (χ1v) is 16.2. The van der Waals surface area contributed by atoms with Gasteiger partial charge in [0.2, 0.25) is 0 Å². The van der Waals surface area contributed by atoms with E-state index in [1.54, 1.807) is 0 Å². The van der Waals surface area contributed by atoms with Crippen molar-refractivity contribution in [2.75, 3.05) is 9.80 Å². The van der Waals surface area contributed by atoms with Crippen molar-refractivity contribution >= 4 is 45.0 Å². The Balaban J connectivity index is 1.20. The normalized spacial score (nSPS) is 10.9. The van der Waals surface area contributed by atoms with E-state index in [0.29, 0.717) is 0 Å². The number of fused-ring (bicyclic) bond motifs is 1. The first kappa shape index (κ1) is 29.0. The minimum Gasteiger partial charge on any atom is -0.311 e. The molecule has 0 saturated heterocycles. The van der Waals surface area contributed by atoms with Crippen LogP contribution in [0.5, 0.6) is 0 Å². The lowest BCUT2D eigenvalue weighted by Gasteiger charge is -2.26. The minimum absolute atomic E-state index is 0.960. The van der Waals surface area contributed by atoms with E-state index >= 15 is 0 Å². The van der Waals surface area contributed by atoms with Gasteiger partial charge in [0, 0.05) is 50.6 Å². The zero-order valence-corrected chi connectivity index (χ0v) is 26.4. The fraction of sp³-hybridized carbons (Fsp3) is 0. The Morgan fingerprint density at radius 3 is 1.10 bits per heavy atom. The Hall–Kier alpha value is -6.45. The molecule has 0 radical (unpaired) electrons. The first-order valence-electron chi connectivity index (χ1n) is 16.2. The molecular weight excluding hydrogens is 583 g/mol. The highest BCUT2D eigenvalue weighted by molar-refractivity contribution is 5.92. The molecule has 0 unspecified atom stereocenters. The Bertz CT molecular complexity index is 2010. The van der Waals surface area contributed by atoms with Crippen molar-refractivity contribution in [2.24, 2.45) is 0 Å². The van der Waals surface area contributed by atoms with Crippen molar-refractivity contribution in [1.29, 1.82) is 0 Å². The molecule has 7 aromatic carbocycles. The summed E-state index contributed by atoms with van der Waals surface area (Å²) in [4.78, 5) is 9.81. The molecule has 1 heterocycles. The van der Waals surface area contributed by atoms with Crippen molar-refractivity contribution in [2.45, 2.75) is 0 Å². The predicted molar refractivity (Wildman–Crippen MR) is 202 cm³/mol. The van der Waals surface area contributed by atoms with Crippen molar-refractivity contribution in [1.82, 2.24) is 4.98 Å². The van der Waals surface area contributed by atoms with Crippen LogP contribution < -0.4 is 9.80 Å². The van der Waals surface area contributed by atoms with Crippen LogP contribution in [0, 0.1) is 0 Å². The number of benzene rings is 7. The minimum atomic E-state index is 0.960. The molecule has 0 fully saturated rings. The SMILES string of the molecule is c1ccc(N(c2ccccc2)c2ccc(-c3cc4ccccc4nc3-c3ccc(N(c4ccccc4)c4ccccc4)cc3)cc2)cc1. The monoisotopic (exact) mass is 615 g/mol. The summed E-state index contributed by atoms with van der Waals surface area (Å²) in [6, 6.07) is 70.2. The van der Waals surface area contributed by atoms with Gasteiger partial charge in [-0.05, 0) is 90.5 Å². The van der Waals surface area contributed by atoms with Crippen molar-refractivity contribution in [3.63, 3.8) is 0 Å². The summed E-state index contributed by atoms with van der Waals surface area (Å²) in [5.41, 5.74) is 11.9. The third kappa shape index (κ3) is 5.81. The molecule has 1 aromatic heterocycles. The highest BCUT2D eigenvalue weighted by Crippen LogP contribution is 2.40. The lowest BCUT2D eigenvalue weighted by atomic mass is 9.96. The molecule has 0 atom stereocenters. The Morgan fingerprint density at radius 1 is 0.312 bits per heavy atom. The number of rotatable bonds is 8. The zero-order chi connectivity index (χ0) is 32.1. The number of pyridine rings is 1. The molecule has 0 aliphatic heterocycles. The summed E-state index contributed by atoms with van der Waals surface area (Å²) < 4.78 is 0. The molecule has 0 aliphatic rings. The maximum absolute atomic E-state index is 5.24. The van der Waals surface area contributed by atoms with Gasteiger partial charge in [-0.2, -0.15) is 0 Å². The third-order valence-corrected chi connectivity index (χ3v) is 8.62. The van der Waals surface area contributed by atoms with Gasteiger partial charge in [-0.3, -0.25) is 0 Å². The van der Waals surface area contributed by atoms with Crippen LogP contribution in [0.25, 0.3) is 33.3 Å². The molecule has 8 aromatic rings. The molecule has 3 heteroatoms. The van der Waals surface area contributed by atoms with E-state index < -0.39 is 0 Å². The summed E-state index contributed by atoms with van der Waals surface area (Å²) in [6.07, 6.45) is 0. The van der Waals surface area contributed by atoms with Gasteiger partial charge in [-0.15, -0.1) is 0 Å². The largest absolute Gasteiger partial charge is 0.311 e. The average molecular weight is 616 g/mol. The van der Waals surface area contributed by atoms with Crippen LogP contribution >= 0.6 is 0 Å². The van der Waals surface area contributed by atoms with Crippen LogP contribution in [0.15, 0.2) is 200 Å². The fourth-order valence-electron chi connectivity index (χ4n) is 6.32. The molecular formula is C45H33N3. The van der Waals surface area contributed by atoms with Gasteiger partial charge in [0.15, 0.2) is 0 Å². The quantitative estimate of drug-likeness (QED) is 0.170. The van der Waals surface area contributed by atoms with Crippen molar-refractivity contribution in [3.8, 4) is 22.4 Å². The summed E-state index contributed by atoms with van der Waals surface area (Å²) in [5.74, 6) is 0. The molecule has 228 valence electrons. The Morgan fingerprint density at radius 2 is 0.667 bits per heavy atom. The second kappa shape index (κ2) is 13.1. The first-order chi connectivity index (χ1) is 23.8. The second-order valence-corrected chi connectivity index (χ2v) is 11.7. The number of aromatic nitrogens is 1. The van der Waals surface area contributed by atoms with Crippen molar-refractivity contribution < 1.29 is 0 Å². The maximum Gasteiger partial charge on any atom is 0.0788 e. The van der Waals surface area contributed by atoms with Crippen LogP contribution in [-0.4, -0.2) is 4.98 Å². The Kier molecular flexibility index (Phi) is 7.92. The van der Waals surface area contributed by atoms with E-state index in [0.717, 1.165) is 67.4 Å². The van der Waals surface area contributed by atoms with E-state index in [4.69, 9.17) is 4.98 Å². The number of anilines is 6. The standard InChI is InChI=1S/C45H33N3/c1-5-16-37(17-6-1)47(38-18-7-2-8-19-38)41-29-25-34(26-30-41)43-33-36-15-13-14-24-44(36)46-45(43)35-27-31-42(32-28-35)48(39-20-9-3-10-21-39)40-22-11-4-12-23-40/h1-33H. The molecule has 48 heavy (non-hydrogen) atoms. The van der Waals surface area contributed by atoms with E-state index in [1.165, 1.54) is 0 Å². The fourth-order valence-corrected chi connectivity index (χ4v) is 6.32. The highest BCUT2D eigenvalue weighted by Gasteiger charge is 2.17. The van der Waals surface area contributed by atoms with Crippen LogP contribution in [0.2, 0.25) is 0 Å². The molecule has 0 bridgehead atoms. The number of hydrogen-bond acceptors (Lipinski definition) is 3. The summed E-state index contributed by atoms with van der Waals surface area (Å²) >= 11 is 0. The molecule has 3 nitrogen and oxygen atoms in total.